The second kappa shape index (κ2) is 6.39. The van der Waals surface area contributed by atoms with Crippen LogP contribution in [0, 0.1) is 11.3 Å². The monoisotopic (exact) mass is 266 g/mol. The third-order valence-electron chi connectivity index (χ3n) is 2.89. The molecule has 0 saturated heterocycles. The van der Waals surface area contributed by atoms with Gasteiger partial charge in [-0.15, -0.1) is 0 Å². The molecular weight excluding hydrogens is 252 g/mol. The molecule has 0 amide bonds. The molecule has 0 radical (unpaired) electrons. The molecule has 1 heterocycles. The molecule has 0 saturated carbocycles. The van der Waals surface area contributed by atoms with E-state index in [1.54, 1.807) is 32.7 Å². The lowest BCUT2D eigenvalue weighted by Crippen LogP contribution is -1.92. The van der Waals surface area contributed by atoms with Crippen LogP contribution in [-0.2, 0) is 0 Å². The number of hydrogen-bond acceptors (Lipinski definition) is 4. The van der Waals surface area contributed by atoms with E-state index in [1.807, 2.05) is 30.3 Å². The SMILES string of the molecule is COc1ccc(-c2cnccc2C=CC#N)cc1OC. The quantitative estimate of drug-likeness (QED) is 0.797. The third kappa shape index (κ3) is 2.78. The smallest absolute Gasteiger partial charge is 0.161 e. The van der Waals surface area contributed by atoms with Gasteiger partial charge in [0.15, 0.2) is 11.5 Å². The molecule has 2 rings (SSSR count). The Balaban J connectivity index is 2.52. The Morgan fingerprint density at radius 1 is 1.15 bits per heavy atom. The Kier molecular flexibility index (Phi) is 4.35. The summed E-state index contributed by atoms with van der Waals surface area (Å²) in [6.45, 7) is 0. The van der Waals surface area contributed by atoms with E-state index >= 15 is 0 Å². The minimum Gasteiger partial charge on any atom is -0.493 e. The summed E-state index contributed by atoms with van der Waals surface area (Å²) in [6, 6.07) is 9.52. The first-order chi connectivity index (χ1) is 9.80. The predicted octanol–water partition coefficient (Wildman–Crippen LogP) is 3.30. The van der Waals surface area contributed by atoms with E-state index in [4.69, 9.17) is 14.7 Å². The van der Waals surface area contributed by atoms with Crippen LogP contribution in [-0.4, -0.2) is 19.2 Å². The topological polar surface area (TPSA) is 55.1 Å². The molecule has 0 spiro atoms. The zero-order valence-electron chi connectivity index (χ0n) is 11.3. The highest BCUT2D eigenvalue weighted by Crippen LogP contribution is 2.33. The second-order valence-electron chi connectivity index (χ2n) is 4.00. The highest BCUT2D eigenvalue weighted by Gasteiger charge is 2.08. The molecule has 0 aliphatic carbocycles. The minimum absolute atomic E-state index is 0.657. The van der Waals surface area contributed by atoms with Gasteiger partial charge in [0.1, 0.15) is 0 Å². The zero-order chi connectivity index (χ0) is 14.4. The number of benzene rings is 1. The summed E-state index contributed by atoms with van der Waals surface area (Å²) < 4.78 is 10.5. The summed E-state index contributed by atoms with van der Waals surface area (Å²) in [5, 5.41) is 8.65. The van der Waals surface area contributed by atoms with Crippen molar-refractivity contribution in [2.75, 3.05) is 14.2 Å². The summed E-state index contributed by atoms with van der Waals surface area (Å²) in [5.41, 5.74) is 2.81. The van der Waals surface area contributed by atoms with Gasteiger partial charge in [0.2, 0.25) is 0 Å². The van der Waals surface area contributed by atoms with Crippen molar-refractivity contribution in [3.8, 4) is 28.7 Å². The summed E-state index contributed by atoms with van der Waals surface area (Å²) in [6.07, 6.45) is 6.66. The van der Waals surface area contributed by atoms with E-state index in [0.29, 0.717) is 11.5 Å². The maximum Gasteiger partial charge on any atom is 0.161 e. The number of rotatable bonds is 4. The molecule has 0 unspecified atom stereocenters. The van der Waals surface area contributed by atoms with Crippen LogP contribution in [0.1, 0.15) is 5.56 Å². The molecule has 0 atom stereocenters. The first kappa shape index (κ1) is 13.6. The van der Waals surface area contributed by atoms with Crippen molar-refractivity contribution in [3.63, 3.8) is 0 Å². The summed E-state index contributed by atoms with van der Waals surface area (Å²) in [7, 11) is 3.20. The molecular formula is C16H14N2O2. The molecule has 0 bridgehead atoms. The van der Waals surface area contributed by atoms with E-state index in [-0.39, 0.29) is 0 Å². The van der Waals surface area contributed by atoms with Gasteiger partial charge in [-0.05, 0) is 35.4 Å². The van der Waals surface area contributed by atoms with Crippen molar-refractivity contribution < 1.29 is 9.47 Å². The maximum absolute atomic E-state index is 8.65. The highest BCUT2D eigenvalue weighted by atomic mass is 16.5. The van der Waals surface area contributed by atoms with Crippen molar-refractivity contribution in [1.29, 1.82) is 5.26 Å². The molecule has 0 aliphatic heterocycles. The summed E-state index contributed by atoms with van der Waals surface area (Å²) >= 11 is 0. The largest absolute Gasteiger partial charge is 0.493 e. The summed E-state index contributed by atoms with van der Waals surface area (Å²) in [5.74, 6) is 1.33. The Morgan fingerprint density at radius 2 is 1.95 bits per heavy atom. The van der Waals surface area contributed by atoms with E-state index < -0.39 is 0 Å². The number of aromatic nitrogens is 1. The van der Waals surface area contributed by atoms with Crippen LogP contribution >= 0.6 is 0 Å². The first-order valence-corrected chi connectivity index (χ1v) is 6.02. The lowest BCUT2D eigenvalue weighted by molar-refractivity contribution is 0.355. The molecule has 4 heteroatoms. The fourth-order valence-corrected chi connectivity index (χ4v) is 1.92. The average Bonchev–Trinajstić information content (AvgIpc) is 2.52. The average molecular weight is 266 g/mol. The van der Waals surface area contributed by atoms with Crippen LogP contribution < -0.4 is 9.47 Å². The van der Waals surface area contributed by atoms with Crippen molar-refractivity contribution in [2.45, 2.75) is 0 Å². The second-order valence-corrected chi connectivity index (χ2v) is 4.00. The lowest BCUT2D eigenvalue weighted by Gasteiger charge is -2.11. The fraction of sp³-hybridized carbons (Fsp3) is 0.125. The van der Waals surface area contributed by atoms with E-state index in [2.05, 4.69) is 4.98 Å². The van der Waals surface area contributed by atoms with Crippen molar-refractivity contribution in [3.05, 3.63) is 48.3 Å². The van der Waals surface area contributed by atoms with Gasteiger partial charge < -0.3 is 9.47 Å². The molecule has 1 aromatic carbocycles. The van der Waals surface area contributed by atoms with Crippen molar-refractivity contribution in [1.82, 2.24) is 4.98 Å². The molecule has 0 N–H and O–H groups in total. The third-order valence-corrected chi connectivity index (χ3v) is 2.89. The number of pyridine rings is 1. The van der Waals surface area contributed by atoms with Gasteiger partial charge >= 0.3 is 0 Å². The van der Waals surface area contributed by atoms with Gasteiger partial charge in [-0.25, -0.2) is 0 Å². The Bertz CT molecular complexity index is 672. The highest BCUT2D eigenvalue weighted by molar-refractivity contribution is 5.76. The van der Waals surface area contributed by atoms with Gasteiger partial charge in [-0.1, -0.05) is 6.07 Å². The molecule has 4 nitrogen and oxygen atoms in total. The molecule has 0 fully saturated rings. The normalized spacial score (nSPS) is 10.2. The number of methoxy groups -OCH3 is 2. The zero-order valence-corrected chi connectivity index (χ0v) is 11.3. The van der Waals surface area contributed by atoms with Crippen LogP contribution in [0.2, 0.25) is 0 Å². The number of nitrogens with zero attached hydrogens (tertiary/aromatic N) is 2. The van der Waals surface area contributed by atoms with Crippen molar-refractivity contribution >= 4 is 6.08 Å². The number of hydrogen-bond donors (Lipinski definition) is 0. The van der Waals surface area contributed by atoms with Gasteiger partial charge in [0, 0.05) is 24.0 Å². The number of ether oxygens (including phenoxy) is 2. The van der Waals surface area contributed by atoms with Crippen LogP contribution in [0.25, 0.3) is 17.2 Å². The Labute approximate surface area is 117 Å². The van der Waals surface area contributed by atoms with Crippen LogP contribution in [0.15, 0.2) is 42.7 Å². The van der Waals surface area contributed by atoms with Gasteiger partial charge in [0.05, 0.1) is 20.3 Å². The molecule has 0 aliphatic rings. The molecule has 2 aromatic rings. The Morgan fingerprint density at radius 3 is 2.65 bits per heavy atom. The predicted molar refractivity (Wildman–Crippen MR) is 77.4 cm³/mol. The minimum atomic E-state index is 0.657. The van der Waals surface area contributed by atoms with Crippen LogP contribution in [0.4, 0.5) is 0 Å². The Hall–Kier alpha value is -2.80. The van der Waals surface area contributed by atoms with E-state index in [9.17, 15) is 0 Å². The van der Waals surface area contributed by atoms with Crippen LogP contribution in [0.5, 0.6) is 11.5 Å². The number of allylic oxidation sites excluding steroid dienone is 1. The molecule has 1 aromatic heterocycles. The summed E-state index contributed by atoms with van der Waals surface area (Å²) in [4.78, 5) is 4.14. The van der Waals surface area contributed by atoms with Gasteiger partial charge in [0.25, 0.3) is 0 Å². The number of nitriles is 1. The molecule has 100 valence electrons. The fourth-order valence-electron chi connectivity index (χ4n) is 1.92. The standard InChI is InChI=1S/C16H14N2O2/c1-19-15-6-5-13(10-16(15)20-2)14-11-18-9-7-12(14)4-3-8-17/h3-7,9-11H,1-2H3. The van der Waals surface area contributed by atoms with Gasteiger partial charge in [-0.2, -0.15) is 5.26 Å². The van der Waals surface area contributed by atoms with Crippen LogP contribution in [0.3, 0.4) is 0 Å². The maximum atomic E-state index is 8.65. The lowest BCUT2D eigenvalue weighted by atomic mass is 10.0. The van der Waals surface area contributed by atoms with Crippen molar-refractivity contribution in [2.24, 2.45) is 0 Å². The molecule has 20 heavy (non-hydrogen) atoms. The van der Waals surface area contributed by atoms with E-state index in [0.717, 1.165) is 16.7 Å². The van der Waals surface area contributed by atoms with Gasteiger partial charge in [-0.3, -0.25) is 4.98 Å². The van der Waals surface area contributed by atoms with E-state index in [1.165, 1.54) is 6.08 Å². The first-order valence-electron chi connectivity index (χ1n) is 6.02.